The largest absolute Gasteiger partial charge is 0.300 e. The maximum absolute atomic E-state index is 12.8. The van der Waals surface area contributed by atoms with Crippen molar-refractivity contribution in [2.75, 3.05) is 26.2 Å². The molecule has 1 unspecified atom stereocenters. The zero-order chi connectivity index (χ0) is 17.1. The van der Waals surface area contributed by atoms with E-state index in [1.54, 1.807) is 0 Å². The molecule has 1 rings (SSSR count). The second-order valence-corrected chi connectivity index (χ2v) is 9.18. The minimum atomic E-state index is -0.228. The summed E-state index contributed by atoms with van der Waals surface area (Å²) < 4.78 is 0. The lowest BCUT2D eigenvalue weighted by Gasteiger charge is -2.37. The summed E-state index contributed by atoms with van der Waals surface area (Å²) in [6.45, 7) is 21.8. The molecule has 1 atom stereocenters. The third kappa shape index (κ3) is 5.66. The van der Waals surface area contributed by atoms with Gasteiger partial charge < -0.3 is 0 Å². The summed E-state index contributed by atoms with van der Waals surface area (Å²) in [6.07, 6.45) is 2.01. The van der Waals surface area contributed by atoms with Gasteiger partial charge >= 0.3 is 0 Å². The van der Waals surface area contributed by atoms with Gasteiger partial charge in [-0.25, -0.2) is 0 Å². The van der Waals surface area contributed by atoms with E-state index in [1.165, 1.54) is 0 Å². The number of nitrogens with zero attached hydrogens (tertiary/aromatic N) is 2. The molecule has 0 saturated carbocycles. The minimum Gasteiger partial charge on any atom is -0.300 e. The van der Waals surface area contributed by atoms with E-state index in [0.717, 1.165) is 39.0 Å². The van der Waals surface area contributed by atoms with Gasteiger partial charge in [0.15, 0.2) is 0 Å². The van der Waals surface area contributed by atoms with E-state index in [0.29, 0.717) is 11.8 Å². The summed E-state index contributed by atoms with van der Waals surface area (Å²) in [4.78, 5) is 17.9. The van der Waals surface area contributed by atoms with Crippen molar-refractivity contribution >= 4 is 5.78 Å². The van der Waals surface area contributed by atoms with E-state index in [4.69, 9.17) is 0 Å². The Morgan fingerprint density at radius 2 is 1.45 bits per heavy atom. The van der Waals surface area contributed by atoms with Crippen molar-refractivity contribution in [1.29, 1.82) is 0 Å². The van der Waals surface area contributed by atoms with Crippen molar-refractivity contribution in [3.8, 4) is 0 Å². The van der Waals surface area contributed by atoms with E-state index >= 15 is 0 Å². The number of carbonyl (C=O) groups excluding carboxylic acids is 1. The number of ketones is 1. The average molecular weight is 311 g/mol. The molecule has 0 radical (unpaired) electrons. The SMILES string of the molecule is CC(C)N1CCC(C(=O)C(C)(C)C)CCN(C(C)(C)C)CC1. The van der Waals surface area contributed by atoms with Crippen molar-refractivity contribution in [3.63, 3.8) is 0 Å². The molecule has 1 aliphatic heterocycles. The van der Waals surface area contributed by atoms with Crippen LogP contribution in [0.25, 0.3) is 0 Å². The van der Waals surface area contributed by atoms with Crippen molar-refractivity contribution in [2.24, 2.45) is 11.3 Å². The normalized spacial score (nSPS) is 24.0. The fourth-order valence-electron chi connectivity index (χ4n) is 3.31. The van der Waals surface area contributed by atoms with Gasteiger partial charge in [-0.2, -0.15) is 0 Å². The molecule has 1 heterocycles. The van der Waals surface area contributed by atoms with Gasteiger partial charge in [-0.3, -0.25) is 14.6 Å². The van der Waals surface area contributed by atoms with E-state index in [2.05, 4.69) is 65.2 Å². The molecule has 0 aromatic carbocycles. The van der Waals surface area contributed by atoms with Gasteiger partial charge in [-0.05, 0) is 60.5 Å². The van der Waals surface area contributed by atoms with Crippen LogP contribution in [0.1, 0.15) is 68.2 Å². The van der Waals surface area contributed by atoms with Crippen LogP contribution in [-0.4, -0.2) is 53.3 Å². The second kappa shape index (κ2) is 7.44. The van der Waals surface area contributed by atoms with Gasteiger partial charge in [-0.1, -0.05) is 20.8 Å². The van der Waals surface area contributed by atoms with Gasteiger partial charge in [0, 0.05) is 36.0 Å². The molecular formula is C19H38N2O. The summed E-state index contributed by atoms with van der Waals surface area (Å²) in [7, 11) is 0. The van der Waals surface area contributed by atoms with Gasteiger partial charge in [0.1, 0.15) is 5.78 Å². The lowest BCUT2D eigenvalue weighted by Crippen LogP contribution is -2.46. The first kappa shape index (κ1) is 19.6. The Morgan fingerprint density at radius 3 is 1.91 bits per heavy atom. The van der Waals surface area contributed by atoms with Crippen LogP contribution < -0.4 is 0 Å². The van der Waals surface area contributed by atoms with Crippen LogP contribution in [0.5, 0.6) is 0 Å². The van der Waals surface area contributed by atoms with E-state index in [9.17, 15) is 4.79 Å². The highest BCUT2D eigenvalue weighted by atomic mass is 16.1. The Kier molecular flexibility index (Phi) is 6.64. The van der Waals surface area contributed by atoms with Crippen LogP contribution in [0.15, 0.2) is 0 Å². The Bertz CT molecular complexity index is 363. The molecule has 1 fully saturated rings. The van der Waals surface area contributed by atoms with Gasteiger partial charge in [0.2, 0.25) is 0 Å². The number of Topliss-reactive ketones (excluding diaryl/α,β-unsaturated/α-hetero) is 1. The highest BCUT2D eigenvalue weighted by Crippen LogP contribution is 2.27. The van der Waals surface area contributed by atoms with Crippen LogP contribution in [-0.2, 0) is 4.79 Å². The summed E-state index contributed by atoms with van der Waals surface area (Å²) >= 11 is 0. The van der Waals surface area contributed by atoms with Crippen LogP contribution in [0.4, 0.5) is 0 Å². The molecule has 0 spiro atoms. The topological polar surface area (TPSA) is 23.6 Å². The Labute approximate surface area is 138 Å². The lowest BCUT2D eigenvalue weighted by atomic mass is 9.80. The monoisotopic (exact) mass is 310 g/mol. The second-order valence-electron chi connectivity index (χ2n) is 9.18. The molecule has 0 N–H and O–H groups in total. The third-order valence-corrected chi connectivity index (χ3v) is 4.96. The molecule has 0 amide bonds. The Hall–Kier alpha value is -0.410. The highest BCUT2D eigenvalue weighted by Gasteiger charge is 2.32. The summed E-state index contributed by atoms with van der Waals surface area (Å²) in [5.74, 6) is 0.635. The molecule has 0 aromatic rings. The quantitative estimate of drug-likeness (QED) is 0.774. The predicted molar refractivity (Wildman–Crippen MR) is 95.2 cm³/mol. The molecule has 0 bridgehead atoms. The number of carbonyl (C=O) groups is 1. The van der Waals surface area contributed by atoms with Gasteiger partial charge in [0.05, 0.1) is 0 Å². The number of hydrogen-bond donors (Lipinski definition) is 0. The van der Waals surface area contributed by atoms with Crippen LogP contribution in [0, 0.1) is 11.3 Å². The maximum atomic E-state index is 12.8. The van der Waals surface area contributed by atoms with Crippen molar-refractivity contribution < 1.29 is 4.79 Å². The smallest absolute Gasteiger partial charge is 0.141 e. The molecular weight excluding hydrogens is 272 g/mol. The molecule has 22 heavy (non-hydrogen) atoms. The van der Waals surface area contributed by atoms with E-state index < -0.39 is 0 Å². The molecule has 0 aromatic heterocycles. The first-order valence-electron chi connectivity index (χ1n) is 8.96. The first-order valence-corrected chi connectivity index (χ1v) is 8.96. The van der Waals surface area contributed by atoms with Crippen molar-refractivity contribution in [1.82, 2.24) is 9.80 Å². The summed E-state index contributed by atoms with van der Waals surface area (Å²) in [5.41, 5.74) is -0.0593. The van der Waals surface area contributed by atoms with E-state index in [-0.39, 0.29) is 16.9 Å². The fourth-order valence-corrected chi connectivity index (χ4v) is 3.31. The van der Waals surface area contributed by atoms with E-state index in [1.807, 2.05) is 0 Å². The maximum Gasteiger partial charge on any atom is 0.141 e. The molecule has 1 saturated heterocycles. The minimum absolute atomic E-state index is 0.169. The van der Waals surface area contributed by atoms with Crippen molar-refractivity contribution in [3.05, 3.63) is 0 Å². The predicted octanol–water partition coefficient (Wildman–Crippen LogP) is 3.82. The van der Waals surface area contributed by atoms with Crippen LogP contribution in [0.3, 0.4) is 0 Å². The molecule has 130 valence electrons. The van der Waals surface area contributed by atoms with Crippen molar-refractivity contribution in [2.45, 2.75) is 79.8 Å². The Morgan fingerprint density at radius 1 is 0.909 bits per heavy atom. The van der Waals surface area contributed by atoms with Crippen LogP contribution >= 0.6 is 0 Å². The zero-order valence-electron chi connectivity index (χ0n) is 16.2. The zero-order valence-corrected chi connectivity index (χ0v) is 16.2. The molecule has 3 nitrogen and oxygen atoms in total. The standard InChI is InChI=1S/C19H38N2O/c1-15(2)20-11-9-16(17(22)18(3,4)5)10-12-21(14-13-20)19(6,7)8/h15-16H,9-14H2,1-8H3. The summed E-state index contributed by atoms with van der Waals surface area (Å²) in [6, 6.07) is 0.547. The molecule has 3 heteroatoms. The first-order chi connectivity index (χ1) is 9.93. The number of hydrogen-bond acceptors (Lipinski definition) is 3. The van der Waals surface area contributed by atoms with Gasteiger partial charge in [-0.15, -0.1) is 0 Å². The van der Waals surface area contributed by atoms with Gasteiger partial charge in [0.25, 0.3) is 0 Å². The molecule has 0 aliphatic carbocycles. The highest BCUT2D eigenvalue weighted by molar-refractivity contribution is 5.85. The molecule has 1 aliphatic rings. The third-order valence-electron chi connectivity index (χ3n) is 4.96. The lowest BCUT2D eigenvalue weighted by molar-refractivity contribution is -0.131. The van der Waals surface area contributed by atoms with Crippen LogP contribution in [0.2, 0.25) is 0 Å². The Balaban J connectivity index is 2.92. The average Bonchev–Trinajstić information content (AvgIpc) is 2.45. The summed E-state index contributed by atoms with van der Waals surface area (Å²) in [5, 5.41) is 0. The number of rotatable bonds is 2. The fraction of sp³-hybridized carbons (Fsp3) is 0.947.